The highest BCUT2D eigenvalue weighted by Gasteiger charge is 2.21. The van der Waals surface area contributed by atoms with Crippen LogP contribution in [-0.2, 0) is 16.2 Å². The van der Waals surface area contributed by atoms with E-state index in [1.54, 1.807) is 43.3 Å². The van der Waals surface area contributed by atoms with Gasteiger partial charge >= 0.3 is 11.9 Å². The third kappa shape index (κ3) is 3.92. The monoisotopic (exact) mass is 371 g/mol. The van der Waals surface area contributed by atoms with E-state index in [4.69, 9.17) is 21.4 Å². The largest absolute Gasteiger partial charge is 0.487 e. The standard InChI is InChI=1S/C19H14ClNO5/c1-11-15(19(24)26-21-11)8-13-4-7-17(16(20)9-13)25-10-12-2-5-14(6-3-12)18(22)23/h2-9H,10H2,1H3,(H,22,23)/b15-8-. The number of carboxylic acid groups (broad SMARTS) is 1. The number of carbonyl (C=O) groups excluding carboxylic acids is 1. The average molecular weight is 372 g/mol. The van der Waals surface area contributed by atoms with E-state index in [-0.39, 0.29) is 12.2 Å². The normalized spacial score (nSPS) is 14.9. The minimum Gasteiger partial charge on any atom is -0.487 e. The van der Waals surface area contributed by atoms with Crippen molar-refractivity contribution in [2.45, 2.75) is 13.5 Å². The van der Waals surface area contributed by atoms with Crippen molar-refractivity contribution in [3.05, 3.63) is 69.8 Å². The van der Waals surface area contributed by atoms with Gasteiger partial charge in [-0.3, -0.25) is 0 Å². The Morgan fingerprint density at radius 2 is 2.00 bits per heavy atom. The van der Waals surface area contributed by atoms with Crippen LogP contribution in [0.1, 0.15) is 28.4 Å². The van der Waals surface area contributed by atoms with E-state index in [2.05, 4.69) is 9.99 Å². The van der Waals surface area contributed by atoms with E-state index in [9.17, 15) is 9.59 Å². The Morgan fingerprint density at radius 1 is 1.27 bits per heavy atom. The van der Waals surface area contributed by atoms with E-state index in [0.29, 0.717) is 22.1 Å². The smallest absolute Gasteiger partial charge is 0.367 e. The van der Waals surface area contributed by atoms with Gasteiger partial charge in [-0.05, 0) is 48.4 Å². The molecule has 0 bridgehead atoms. The highest BCUT2D eigenvalue weighted by Crippen LogP contribution is 2.28. The Balaban J connectivity index is 1.70. The summed E-state index contributed by atoms with van der Waals surface area (Å²) < 4.78 is 5.67. The summed E-state index contributed by atoms with van der Waals surface area (Å²) in [7, 11) is 0. The lowest BCUT2D eigenvalue weighted by atomic mass is 10.1. The van der Waals surface area contributed by atoms with Crippen molar-refractivity contribution in [3.63, 3.8) is 0 Å². The van der Waals surface area contributed by atoms with Crippen molar-refractivity contribution in [1.82, 2.24) is 0 Å². The van der Waals surface area contributed by atoms with E-state index in [1.165, 1.54) is 12.1 Å². The number of rotatable bonds is 5. The zero-order chi connectivity index (χ0) is 18.7. The molecule has 0 radical (unpaired) electrons. The Bertz CT molecular complexity index is 931. The van der Waals surface area contributed by atoms with Crippen LogP contribution in [0.15, 0.2) is 53.2 Å². The first-order chi connectivity index (χ1) is 12.4. The quantitative estimate of drug-likeness (QED) is 0.635. The van der Waals surface area contributed by atoms with E-state index in [1.807, 2.05) is 0 Å². The van der Waals surface area contributed by atoms with Crippen molar-refractivity contribution in [1.29, 1.82) is 0 Å². The molecule has 1 N–H and O–H groups in total. The SMILES string of the molecule is CC1=NOC(=O)/C1=C\c1ccc(OCc2ccc(C(=O)O)cc2)c(Cl)c1. The van der Waals surface area contributed by atoms with Gasteiger partial charge in [0.25, 0.3) is 0 Å². The van der Waals surface area contributed by atoms with E-state index < -0.39 is 11.9 Å². The number of ether oxygens (including phenoxy) is 1. The van der Waals surface area contributed by atoms with Crippen LogP contribution in [0.25, 0.3) is 6.08 Å². The van der Waals surface area contributed by atoms with Gasteiger partial charge in [0, 0.05) is 0 Å². The molecule has 0 atom stereocenters. The lowest BCUT2D eigenvalue weighted by molar-refractivity contribution is -0.136. The van der Waals surface area contributed by atoms with Gasteiger partial charge in [0.15, 0.2) is 0 Å². The second kappa shape index (κ2) is 7.41. The van der Waals surface area contributed by atoms with E-state index in [0.717, 1.165) is 11.1 Å². The molecule has 1 aliphatic rings. The number of carboxylic acids is 1. The fourth-order valence-electron chi connectivity index (χ4n) is 2.31. The third-order valence-corrected chi connectivity index (χ3v) is 4.03. The first kappa shape index (κ1) is 17.7. The van der Waals surface area contributed by atoms with Gasteiger partial charge in [-0.1, -0.05) is 35.0 Å². The number of nitrogens with zero attached hydrogens (tertiary/aromatic N) is 1. The first-order valence-corrected chi connectivity index (χ1v) is 8.04. The summed E-state index contributed by atoms with van der Waals surface area (Å²) in [5.41, 5.74) is 2.65. The zero-order valence-corrected chi connectivity index (χ0v) is 14.5. The molecule has 0 saturated carbocycles. The molecular weight excluding hydrogens is 358 g/mol. The Hall–Kier alpha value is -3.12. The zero-order valence-electron chi connectivity index (χ0n) is 13.7. The molecule has 7 heteroatoms. The lowest BCUT2D eigenvalue weighted by Gasteiger charge is -2.09. The molecular formula is C19H14ClNO5. The fraction of sp³-hybridized carbons (Fsp3) is 0.105. The molecule has 3 rings (SSSR count). The highest BCUT2D eigenvalue weighted by atomic mass is 35.5. The molecule has 2 aromatic rings. The Morgan fingerprint density at radius 3 is 2.58 bits per heavy atom. The second-order valence-electron chi connectivity index (χ2n) is 5.59. The van der Waals surface area contributed by atoms with Crippen LogP contribution in [0.3, 0.4) is 0 Å². The molecule has 1 heterocycles. The Kier molecular flexibility index (Phi) is 5.04. The molecule has 2 aromatic carbocycles. The maximum atomic E-state index is 11.6. The van der Waals surface area contributed by atoms with Crippen LogP contribution in [0, 0.1) is 0 Å². The van der Waals surface area contributed by atoms with Gasteiger partial charge in [0.05, 0.1) is 21.9 Å². The molecule has 1 aliphatic heterocycles. The van der Waals surface area contributed by atoms with Crippen LogP contribution >= 0.6 is 11.6 Å². The minimum atomic E-state index is -0.975. The van der Waals surface area contributed by atoms with Crippen molar-refractivity contribution in [2.75, 3.05) is 0 Å². The summed E-state index contributed by atoms with van der Waals surface area (Å²) in [5.74, 6) is -0.990. The van der Waals surface area contributed by atoms with Gasteiger partial charge in [-0.25, -0.2) is 9.59 Å². The van der Waals surface area contributed by atoms with Crippen LogP contribution < -0.4 is 4.74 Å². The topological polar surface area (TPSA) is 85.2 Å². The second-order valence-corrected chi connectivity index (χ2v) is 6.00. The average Bonchev–Trinajstić information content (AvgIpc) is 2.93. The number of halogens is 1. The molecule has 132 valence electrons. The number of hydrogen-bond acceptors (Lipinski definition) is 5. The Labute approximate surface area is 154 Å². The predicted octanol–water partition coefficient (Wildman–Crippen LogP) is 3.93. The van der Waals surface area contributed by atoms with Crippen molar-refractivity contribution < 1.29 is 24.3 Å². The lowest BCUT2D eigenvalue weighted by Crippen LogP contribution is -2.02. The minimum absolute atomic E-state index is 0.216. The summed E-state index contributed by atoms with van der Waals surface area (Å²) in [6.07, 6.45) is 1.65. The number of aromatic carboxylic acids is 1. The maximum Gasteiger partial charge on any atom is 0.367 e. The van der Waals surface area contributed by atoms with Crippen LogP contribution in [0.2, 0.25) is 5.02 Å². The summed E-state index contributed by atoms with van der Waals surface area (Å²) in [6, 6.07) is 11.5. The van der Waals surface area contributed by atoms with Crippen LogP contribution in [-0.4, -0.2) is 22.8 Å². The molecule has 0 aliphatic carbocycles. The number of carbonyl (C=O) groups is 2. The molecule has 0 unspecified atom stereocenters. The molecule has 0 amide bonds. The third-order valence-electron chi connectivity index (χ3n) is 3.74. The fourth-order valence-corrected chi connectivity index (χ4v) is 2.56. The number of hydrogen-bond donors (Lipinski definition) is 1. The maximum absolute atomic E-state index is 11.6. The summed E-state index contributed by atoms with van der Waals surface area (Å²) in [4.78, 5) is 27.0. The van der Waals surface area contributed by atoms with Gasteiger partial charge in [-0.2, -0.15) is 0 Å². The number of oxime groups is 1. The number of benzene rings is 2. The summed E-state index contributed by atoms with van der Waals surface area (Å²) >= 11 is 6.24. The van der Waals surface area contributed by atoms with Gasteiger partial charge in [-0.15, -0.1) is 0 Å². The van der Waals surface area contributed by atoms with Crippen molar-refractivity contribution >= 4 is 35.3 Å². The first-order valence-electron chi connectivity index (χ1n) is 7.66. The highest BCUT2D eigenvalue weighted by molar-refractivity contribution is 6.32. The summed E-state index contributed by atoms with van der Waals surface area (Å²) in [6.45, 7) is 1.93. The van der Waals surface area contributed by atoms with Gasteiger partial charge in [0.2, 0.25) is 0 Å². The molecule has 0 spiro atoms. The predicted molar refractivity (Wildman–Crippen MR) is 96.4 cm³/mol. The molecule has 26 heavy (non-hydrogen) atoms. The van der Waals surface area contributed by atoms with Crippen molar-refractivity contribution in [2.24, 2.45) is 5.16 Å². The molecule has 6 nitrogen and oxygen atoms in total. The summed E-state index contributed by atoms with van der Waals surface area (Å²) in [5, 5.41) is 12.9. The molecule has 0 fully saturated rings. The van der Waals surface area contributed by atoms with Crippen LogP contribution in [0.5, 0.6) is 5.75 Å². The van der Waals surface area contributed by atoms with Gasteiger partial charge in [0.1, 0.15) is 12.4 Å². The molecule has 0 aromatic heterocycles. The molecule has 0 saturated heterocycles. The van der Waals surface area contributed by atoms with Gasteiger partial charge < -0.3 is 14.7 Å². The van der Waals surface area contributed by atoms with Crippen molar-refractivity contribution in [3.8, 4) is 5.75 Å². The van der Waals surface area contributed by atoms with E-state index >= 15 is 0 Å². The van der Waals surface area contributed by atoms with Crippen LogP contribution in [0.4, 0.5) is 0 Å².